The zero-order chi connectivity index (χ0) is 46.0. The molecule has 3 aliphatic rings. The van der Waals surface area contributed by atoms with Gasteiger partial charge >= 0.3 is 0 Å². The van der Waals surface area contributed by atoms with Crippen molar-refractivity contribution < 1.29 is 0 Å². The molecule has 0 saturated carbocycles. The molecule has 0 saturated heterocycles. The number of anilines is 3. The van der Waals surface area contributed by atoms with Crippen LogP contribution in [0.15, 0.2) is 212 Å². The molecule has 0 radical (unpaired) electrons. The van der Waals surface area contributed by atoms with Crippen LogP contribution >= 0.6 is 0 Å². The topological polar surface area (TPSA) is 3.24 Å². The van der Waals surface area contributed by atoms with E-state index in [0.717, 1.165) is 23.5 Å². The van der Waals surface area contributed by atoms with Gasteiger partial charge in [0.15, 0.2) is 0 Å². The first-order valence-corrected chi connectivity index (χ1v) is 24.9. The van der Waals surface area contributed by atoms with Gasteiger partial charge in [0.25, 0.3) is 0 Å². The average molecular weight is 878 g/mol. The molecule has 9 aromatic carbocycles. The molecule has 9 aromatic rings. The maximum absolute atomic E-state index is 2.54. The van der Waals surface area contributed by atoms with E-state index in [4.69, 9.17) is 0 Å². The highest BCUT2D eigenvalue weighted by Crippen LogP contribution is 2.59. The van der Waals surface area contributed by atoms with Crippen molar-refractivity contribution in [2.24, 2.45) is 0 Å². The summed E-state index contributed by atoms with van der Waals surface area (Å²) in [7, 11) is 0. The van der Waals surface area contributed by atoms with Gasteiger partial charge in [0.2, 0.25) is 0 Å². The molecule has 12 rings (SSSR count). The first-order valence-electron chi connectivity index (χ1n) is 24.9. The molecule has 3 aliphatic carbocycles. The van der Waals surface area contributed by atoms with Crippen molar-refractivity contribution in [1.29, 1.82) is 0 Å². The average Bonchev–Trinajstić information content (AvgIpc) is 3.68. The molecule has 0 spiro atoms. The normalized spacial score (nSPS) is 15.9. The maximum atomic E-state index is 2.54. The highest BCUT2D eigenvalue weighted by molar-refractivity contribution is 5.97. The van der Waals surface area contributed by atoms with E-state index in [1.54, 1.807) is 0 Å². The number of hydrogen-bond acceptors (Lipinski definition) is 1. The third-order valence-corrected chi connectivity index (χ3v) is 16.0. The molecular formula is C67H59N. The number of rotatable bonds is 8. The Morgan fingerprint density at radius 1 is 0.353 bits per heavy atom. The van der Waals surface area contributed by atoms with E-state index in [1.165, 1.54) is 121 Å². The molecule has 0 fully saturated rings. The Morgan fingerprint density at radius 2 is 0.897 bits per heavy atom. The zero-order valence-corrected chi connectivity index (χ0v) is 39.9. The van der Waals surface area contributed by atoms with Crippen LogP contribution in [-0.2, 0) is 29.1 Å². The molecule has 332 valence electrons. The predicted molar refractivity (Wildman–Crippen MR) is 287 cm³/mol. The summed E-state index contributed by atoms with van der Waals surface area (Å²) in [5.74, 6) is 0. The molecular weight excluding hydrogens is 819 g/mol. The molecule has 0 amide bonds. The third-order valence-electron chi connectivity index (χ3n) is 16.0. The Morgan fingerprint density at radius 3 is 1.59 bits per heavy atom. The Bertz CT molecular complexity index is 3260. The van der Waals surface area contributed by atoms with E-state index in [2.05, 4.69) is 245 Å². The van der Waals surface area contributed by atoms with Gasteiger partial charge in [-0.1, -0.05) is 204 Å². The predicted octanol–water partition coefficient (Wildman–Crippen LogP) is 17.7. The van der Waals surface area contributed by atoms with Gasteiger partial charge in [-0.05, 0) is 169 Å². The SMILES string of the molecule is CC1(C)CCC(C)(C)c2cc(-c3ccc(N(c4ccccc4)c4cc5c(cc4-c4ccc(-c6cccc7c6CCCC7)cc4)-c4ccccc4C5(c4ccccc4)c4ccccc4)cc3)ccc21. The summed E-state index contributed by atoms with van der Waals surface area (Å²) in [5.41, 5.74) is 24.4. The van der Waals surface area contributed by atoms with E-state index >= 15 is 0 Å². The Hall–Kier alpha value is -7.22. The van der Waals surface area contributed by atoms with Crippen LogP contribution in [0.2, 0.25) is 0 Å². The lowest BCUT2D eigenvalue weighted by Crippen LogP contribution is -2.33. The zero-order valence-electron chi connectivity index (χ0n) is 39.9. The van der Waals surface area contributed by atoms with Gasteiger partial charge in [0, 0.05) is 16.9 Å². The Kier molecular flexibility index (Phi) is 10.2. The fraction of sp³-hybridized carbons (Fsp3) is 0.194. The highest BCUT2D eigenvalue weighted by Gasteiger charge is 2.47. The summed E-state index contributed by atoms with van der Waals surface area (Å²) in [5, 5.41) is 0. The smallest absolute Gasteiger partial charge is 0.0714 e. The van der Waals surface area contributed by atoms with Gasteiger partial charge in [-0.3, -0.25) is 0 Å². The lowest BCUT2D eigenvalue weighted by molar-refractivity contribution is 0.332. The Labute approximate surface area is 403 Å². The van der Waals surface area contributed by atoms with Crippen LogP contribution in [0.3, 0.4) is 0 Å². The highest BCUT2D eigenvalue weighted by atomic mass is 15.1. The van der Waals surface area contributed by atoms with Crippen LogP contribution in [0.1, 0.15) is 97.9 Å². The molecule has 0 heterocycles. The number of para-hydroxylation sites is 1. The van der Waals surface area contributed by atoms with Crippen molar-refractivity contribution in [3.63, 3.8) is 0 Å². The van der Waals surface area contributed by atoms with Crippen molar-refractivity contribution in [1.82, 2.24) is 0 Å². The quantitative estimate of drug-likeness (QED) is 0.147. The molecule has 0 bridgehead atoms. The number of aryl methyl sites for hydroxylation is 1. The van der Waals surface area contributed by atoms with Crippen molar-refractivity contribution >= 4 is 17.1 Å². The summed E-state index contributed by atoms with van der Waals surface area (Å²) in [6.45, 7) is 9.66. The summed E-state index contributed by atoms with van der Waals surface area (Å²) in [6.07, 6.45) is 7.28. The summed E-state index contributed by atoms with van der Waals surface area (Å²) >= 11 is 0. The molecule has 68 heavy (non-hydrogen) atoms. The van der Waals surface area contributed by atoms with Crippen LogP contribution in [0.4, 0.5) is 17.1 Å². The minimum atomic E-state index is -0.543. The molecule has 0 atom stereocenters. The van der Waals surface area contributed by atoms with Gasteiger partial charge in [-0.15, -0.1) is 0 Å². The molecule has 0 aliphatic heterocycles. The summed E-state index contributed by atoms with van der Waals surface area (Å²) in [6, 6.07) is 80.5. The van der Waals surface area contributed by atoms with Gasteiger partial charge in [-0.25, -0.2) is 0 Å². The van der Waals surface area contributed by atoms with Crippen LogP contribution in [0, 0.1) is 0 Å². The summed E-state index contributed by atoms with van der Waals surface area (Å²) < 4.78 is 0. The fourth-order valence-corrected chi connectivity index (χ4v) is 12.3. The van der Waals surface area contributed by atoms with Crippen molar-refractivity contribution in [3.05, 3.63) is 257 Å². The maximum Gasteiger partial charge on any atom is 0.0714 e. The van der Waals surface area contributed by atoms with E-state index < -0.39 is 5.41 Å². The van der Waals surface area contributed by atoms with Crippen LogP contribution < -0.4 is 4.90 Å². The minimum absolute atomic E-state index is 0.141. The standard InChI is InChI=1S/C67H59N/c1-65(2)41-42-66(3,4)63-43-50(37-40-61(63)65)46-35-38-54(39-36-46)68(53-25-12-7-13-26-53)64-45-62-59(44-58(64)49-33-31-48(32-34-49)56-29-18-20-47-19-14-15-27-55(47)56)57-28-16-17-30-60(57)67(62,51-21-8-5-9-22-51)52-23-10-6-11-24-52/h5-13,16-18,20-26,28-40,43-45H,14-15,19,27,41-42H2,1-4H3. The number of hydrogen-bond donors (Lipinski definition) is 0. The monoisotopic (exact) mass is 877 g/mol. The van der Waals surface area contributed by atoms with Gasteiger partial charge in [-0.2, -0.15) is 0 Å². The molecule has 0 N–H and O–H groups in total. The van der Waals surface area contributed by atoms with Crippen molar-refractivity contribution in [2.75, 3.05) is 4.90 Å². The second-order valence-corrected chi connectivity index (χ2v) is 20.9. The number of benzene rings is 9. The van der Waals surface area contributed by atoms with Gasteiger partial charge < -0.3 is 4.90 Å². The Balaban J connectivity index is 1.08. The lowest BCUT2D eigenvalue weighted by Gasteiger charge is -2.42. The number of nitrogens with zero attached hydrogens (tertiary/aromatic N) is 1. The van der Waals surface area contributed by atoms with Crippen LogP contribution in [0.5, 0.6) is 0 Å². The summed E-state index contributed by atoms with van der Waals surface area (Å²) in [4.78, 5) is 2.50. The lowest BCUT2D eigenvalue weighted by atomic mass is 9.63. The first kappa shape index (κ1) is 42.2. The first-order chi connectivity index (χ1) is 33.2. The largest absolute Gasteiger partial charge is 0.310 e. The second kappa shape index (κ2) is 16.5. The molecule has 0 aromatic heterocycles. The van der Waals surface area contributed by atoms with Crippen LogP contribution in [-0.4, -0.2) is 0 Å². The molecule has 0 unspecified atom stereocenters. The van der Waals surface area contributed by atoms with E-state index in [1.807, 2.05) is 0 Å². The molecule has 1 heteroatoms. The number of fused-ring (bicyclic) bond motifs is 5. The van der Waals surface area contributed by atoms with Crippen molar-refractivity contribution in [3.8, 4) is 44.5 Å². The van der Waals surface area contributed by atoms with Gasteiger partial charge in [0.1, 0.15) is 0 Å². The van der Waals surface area contributed by atoms with E-state index in [-0.39, 0.29) is 10.8 Å². The second-order valence-electron chi connectivity index (χ2n) is 20.9. The fourth-order valence-electron chi connectivity index (χ4n) is 12.3. The van der Waals surface area contributed by atoms with E-state index in [9.17, 15) is 0 Å². The van der Waals surface area contributed by atoms with E-state index in [0.29, 0.717) is 0 Å². The van der Waals surface area contributed by atoms with Gasteiger partial charge in [0.05, 0.1) is 11.1 Å². The van der Waals surface area contributed by atoms with Crippen LogP contribution in [0.25, 0.3) is 44.5 Å². The van der Waals surface area contributed by atoms with Crippen molar-refractivity contribution in [2.45, 2.75) is 82.5 Å². The third kappa shape index (κ3) is 6.89. The minimum Gasteiger partial charge on any atom is -0.310 e. The molecule has 1 nitrogen and oxygen atoms in total.